The van der Waals surface area contributed by atoms with E-state index in [-0.39, 0.29) is 5.91 Å². The van der Waals surface area contributed by atoms with Gasteiger partial charge in [-0.3, -0.25) is 15.6 Å². The van der Waals surface area contributed by atoms with Gasteiger partial charge in [0.2, 0.25) is 0 Å². The summed E-state index contributed by atoms with van der Waals surface area (Å²) in [5.41, 5.74) is 8.58. The Bertz CT molecular complexity index is 1140. The maximum atomic E-state index is 12.5. The number of carbonyl (C=O) groups excluding carboxylic acids is 1. The molecule has 2 N–H and O–H groups in total. The number of amides is 1. The number of halogens is 1. The predicted octanol–water partition coefficient (Wildman–Crippen LogP) is 4.81. The molecule has 0 bridgehead atoms. The Morgan fingerprint density at radius 1 is 0.963 bits per heavy atom. The summed E-state index contributed by atoms with van der Waals surface area (Å²) >= 11 is 6.42. The molecule has 0 radical (unpaired) electrons. The first kappa shape index (κ1) is 17.1. The van der Waals surface area contributed by atoms with Crippen LogP contribution in [0.1, 0.15) is 10.4 Å². The third-order valence-electron chi connectivity index (χ3n) is 4.31. The minimum absolute atomic E-state index is 0.265. The summed E-state index contributed by atoms with van der Waals surface area (Å²) < 4.78 is 5.12. The molecule has 4 rings (SSSR count). The molecule has 0 aliphatic rings. The van der Waals surface area contributed by atoms with Gasteiger partial charge in [-0.25, -0.2) is 4.98 Å². The molecule has 0 saturated carbocycles. The van der Waals surface area contributed by atoms with E-state index in [0.29, 0.717) is 22.0 Å². The van der Waals surface area contributed by atoms with Crippen LogP contribution in [-0.2, 0) is 0 Å². The Morgan fingerprint density at radius 3 is 2.48 bits per heavy atom. The number of hydrogen-bond donors (Lipinski definition) is 2. The number of rotatable bonds is 4. The number of benzene rings is 3. The number of nitrogens with zero attached hydrogens (tertiary/aromatic N) is 1. The molecule has 0 aliphatic heterocycles. The number of hydrogen-bond acceptors (Lipinski definition) is 4. The molecule has 27 heavy (non-hydrogen) atoms. The molecule has 4 aromatic rings. The third-order valence-corrected chi connectivity index (χ3v) is 4.62. The number of aromatic nitrogens is 1. The van der Waals surface area contributed by atoms with Gasteiger partial charge in [0.15, 0.2) is 0 Å². The molecule has 3 aromatic carbocycles. The highest BCUT2D eigenvalue weighted by atomic mass is 35.5. The zero-order valence-electron chi connectivity index (χ0n) is 14.5. The maximum absolute atomic E-state index is 12.5. The average molecular weight is 378 g/mol. The highest BCUT2D eigenvalue weighted by Crippen LogP contribution is 2.34. The monoisotopic (exact) mass is 377 g/mol. The van der Waals surface area contributed by atoms with Crippen molar-refractivity contribution in [1.29, 1.82) is 0 Å². The second kappa shape index (κ2) is 7.13. The lowest BCUT2D eigenvalue weighted by molar-refractivity contribution is 0.0963. The van der Waals surface area contributed by atoms with E-state index in [1.807, 2.05) is 36.4 Å². The Morgan fingerprint density at radius 2 is 1.70 bits per heavy atom. The van der Waals surface area contributed by atoms with Gasteiger partial charge in [-0.2, -0.15) is 0 Å². The van der Waals surface area contributed by atoms with Crippen LogP contribution in [0.5, 0.6) is 5.75 Å². The van der Waals surface area contributed by atoms with Gasteiger partial charge in [-0.05, 0) is 42.5 Å². The molecule has 0 saturated heterocycles. The number of pyridine rings is 1. The summed E-state index contributed by atoms with van der Waals surface area (Å²) in [6.45, 7) is 0. The number of carbonyl (C=O) groups is 1. The third kappa shape index (κ3) is 3.25. The van der Waals surface area contributed by atoms with Crippen LogP contribution in [0.2, 0.25) is 5.02 Å². The number of anilines is 1. The Labute approximate surface area is 160 Å². The van der Waals surface area contributed by atoms with Crippen LogP contribution in [0.25, 0.3) is 21.8 Å². The summed E-state index contributed by atoms with van der Waals surface area (Å²) in [5, 5.41) is 2.19. The van der Waals surface area contributed by atoms with E-state index in [4.69, 9.17) is 16.3 Å². The lowest BCUT2D eigenvalue weighted by Gasteiger charge is -2.15. The van der Waals surface area contributed by atoms with E-state index >= 15 is 0 Å². The maximum Gasteiger partial charge on any atom is 0.269 e. The van der Waals surface area contributed by atoms with E-state index < -0.39 is 0 Å². The Kier molecular flexibility index (Phi) is 4.52. The molecule has 1 amide bonds. The molecule has 5 nitrogen and oxygen atoms in total. The minimum Gasteiger partial charge on any atom is -0.497 e. The topological polar surface area (TPSA) is 63.2 Å². The van der Waals surface area contributed by atoms with Crippen molar-refractivity contribution in [2.75, 3.05) is 12.5 Å². The molecule has 0 atom stereocenters. The predicted molar refractivity (Wildman–Crippen MR) is 108 cm³/mol. The van der Waals surface area contributed by atoms with Gasteiger partial charge in [0.05, 0.1) is 28.9 Å². The quantitative estimate of drug-likeness (QED) is 0.396. The van der Waals surface area contributed by atoms with Crippen molar-refractivity contribution in [2.45, 2.75) is 0 Å². The molecule has 0 unspecified atom stereocenters. The van der Waals surface area contributed by atoms with Gasteiger partial charge >= 0.3 is 0 Å². The fourth-order valence-corrected chi connectivity index (χ4v) is 3.23. The first-order valence-corrected chi connectivity index (χ1v) is 8.72. The second-order valence-electron chi connectivity index (χ2n) is 5.95. The summed E-state index contributed by atoms with van der Waals surface area (Å²) in [6, 6.07) is 20.1. The largest absolute Gasteiger partial charge is 0.497 e. The minimum atomic E-state index is -0.265. The van der Waals surface area contributed by atoms with Crippen molar-refractivity contribution < 1.29 is 9.53 Å². The van der Waals surface area contributed by atoms with Gasteiger partial charge in [-0.1, -0.05) is 35.9 Å². The van der Waals surface area contributed by atoms with Crippen LogP contribution in [-0.4, -0.2) is 18.0 Å². The van der Waals surface area contributed by atoms with Crippen molar-refractivity contribution in [2.24, 2.45) is 0 Å². The molecule has 0 fully saturated rings. The summed E-state index contributed by atoms with van der Waals surface area (Å²) in [7, 11) is 1.58. The molecular weight excluding hydrogens is 362 g/mol. The van der Waals surface area contributed by atoms with Crippen molar-refractivity contribution in [1.82, 2.24) is 10.4 Å². The van der Waals surface area contributed by atoms with Crippen molar-refractivity contribution >= 4 is 45.0 Å². The summed E-state index contributed by atoms with van der Waals surface area (Å²) in [5.74, 6) is 0.427. The zero-order valence-corrected chi connectivity index (χ0v) is 15.2. The van der Waals surface area contributed by atoms with Crippen LogP contribution in [0, 0.1) is 0 Å². The van der Waals surface area contributed by atoms with E-state index in [0.717, 1.165) is 21.8 Å². The number of ether oxygens (including phenoxy) is 1. The van der Waals surface area contributed by atoms with Crippen LogP contribution in [0.3, 0.4) is 0 Å². The van der Waals surface area contributed by atoms with Gasteiger partial charge in [0, 0.05) is 16.3 Å². The van der Waals surface area contributed by atoms with E-state index in [9.17, 15) is 4.79 Å². The van der Waals surface area contributed by atoms with Crippen LogP contribution in [0.4, 0.5) is 5.69 Å². The number of nitrogens with one attached hydrogen (secondary N) is 2. The van der Waals surface area contributed by atoms with E-state index in [2.05, 4.69) is 15.8 Å². The van der Waals surface area contributed by atoms with Crippen molar-refractivity contribution in [3.63, 3.8) is 0 Å². The Hall–Kier alpha value is -3.31. The van der Waals surface area contributed by atoms with Crippen molar-refractivity contribution in [3.05, 3.63) is 77.3 Å². The fourth-order valence-electron chi connectivity index (χ4n) is 2.96. The molecule has 1 heterocycles. The normalized spacial score (nSPS) is 10.7. The number of methoxy groups -OCH3 is 1. The van der Waals surface area contributed by atoms with Gasteiger partial charge < -0.3 is 4.74 Å². The standard InChI is InChI=1S/C21H16ClN3O2/c1-27-14-11-9-13(10-12-14)21(26)25-24-20-15-5-2-3-7-17(15)23-18-8-4-6-16(22)19(18)20/h2-12H,1H3,(H,23,24)(H,25,26). The number of fused-ring (bicyclic) bond motifs is 2. The molecule has 0 spiro atoms. The zero-order chi connectivity index (χ0) is 18.8. The van der Waals surface area contributed by atoms with E-state index in [1.54, 1.807) is 37.4 Å². The number of hydrazine groups is 1. The smallest absolute Gasteiger partial charge is 0.269 e. The number of para-hydroxylation sites is 1. The average Bonchev–Trinajstić information content (AvgIpc) is 2.71. The molecule has 1 aromatic heterocycles. The van der Waals surface area contributed by atoms with Gasteiger partial charge in [0.1, 0.15) is 5.75 Å². The highest BCUT2D eigenvalue weighted by Gasteiger charge is 2.13. The Balaban J connectivity index is 1.72. The van der Waals surface area contributed by atoms with Crippen LogP contribution < -0.4 is 15.6 Å². The van der Waals surface area contributed by atoms with Crippen LogP contribution in [0.15, 0.2) is 66.7 Å². The van der Waals surface area contributed by atoms with Crippen LogP contribution >= 0.6 is 11.6 Å². The summed E-state index contributed by atoms with van der Waals surface area (Å²) in [4.78, 5) is 17.2. The van der Waals surface area contributed by atoms with Gasteiger partial charge in [-0.15, -0.1) is 0 Å². The van der Waals surface area contributed by atoms with E-state index in [1.165, 1.54) is 0 Å². The second-order valence-corrected chi connectivity index (χ2v) is 6.35. The SMILES string of the molecule is COc1ccc(C(=O)NNc2c3ccccc3nc3cccc(Cl)c23)cc1. The lowest BCUT2D eigenvalue weighted by Crippen LogP contribution is -2.29. The first-order valence-electron chi connectivity index (χ1n) is 8.35. The fraction of sp³-hybridized carbons (Fsp3) is 0.0476. The molecular formula is C21H16ClN3O2. The first-order chi connectivity index (χ1) is 13.2. The summed E-state index contributed by atoms with van der Waals surface area (Å²) in [6.07, 6.45) is 0. The van der Waals surface area contributed by atoms with Crippen molar-refractivity contribution in [3.8, 4) is 5.75 Å². The molecule has 6 heteroatoms. The molecule has 0 aliphatic carbocycles. The highest BCUT2D eigenvalue weighted by molar-refractivity contribution is 6.37. The van der Waals surface area contributed by atoms with Gasteiger partial charge in [0.25, 0.3) is 5.91 Å². The lowest BCUT2D eigenvalue weighted by atomic mass is 10.1. The molecule has 134 valence electrons.